The third-order valence-electron chi connectivity index (χ3n) is 1.38. The quantitative estimate of drug-likeness (QED) is 0.539. The molecule has 0 atom stereocenters. The molecule has 0 saturated carbocycles. The first-order valence-electron chi connectivity index (χ1n) is 3.47. The molecule has 0 bridgehead atoms. The van der Waals surface area contributed by atoms with Crippen molar-refractivity contribution in [3.63, 3.8) is 0 Å². The highest BCUT2D eigenvalue weighted by Gasteiger charge is 1.85. The van der Waals surface area contributed by atoms with E-state index in [1.54, 1.807) is 0 Å². The van der Waals surface area contributed by atoms with E-state index in [2.05, 4.69) is 36.9 Å². The molecule has 0 aliphatic heterocycles. The van der Waals surface area contributed by atoms with Crippen molar-refractivity contribution in [2.75, 3.05) is 0 Å². The molecule has 0 aliphatic rings. The lowest BCUT2D eigenvalue weighted by Gasteiger charge is -1.93. The maximum absolute atomic E-state index is 2.34. The molecule has 0 fully saturated rings. The summed E-state index contributed by atoms with van der Waals surface area (Å²) in [5.74, 6) is 0. The van der Waals surface area contributed by atoms with Gasteiger partial charge in [0.05, 0.1) is 0 Å². The molecule has 0 radical (unpaired) electrons. The van der Waals surface area contributed by atoms with Crippen molar-refractivity contribution in [1.29, 1.82) is 0 Å². The second kappa shape index (κ2) is 3.46. The zero-order chi connectivity index (χ0) is 6.53. The fraction of sp³-hybridized carbons (Fsp3) is 0.250. The minimum absolute atomic E-state index is 0.216. The van der Waals surface area contributed by atoms with Crippen LogP contribution in [0.15, 0.2) is 30.3 Å². The van der Waals surface area contributed by atoms with Crippen LogP contribution in [0.5, 0.6) is 0 Å². The van der Waals surface area contributed by atoms with Crippen molar-refractivity contribution in [3.05, 3.63) is 35.9 Å². The highest BCUT2D eigenvalue weighted by molar-refractivity contribution is 6.32. The Labute approximate surface area is 58.7 Å². The SMILES string of the molecule is C[SiH2]Cc1ccccc1. The zero-order valence-electron chi connectivity index (χ0n) is 5.80. The molecule has 0 spiro atoms. The molecule has 0 aliphatic carbocycles. The molecule has 9 heavy (non-hydrogen) atoms. The minimum atomic E-state index is 0.216. The normalized spacial score (nSPS) is 10.8. The molecule has 1 heteroatoms. The van der Waals surface area contributed by atoms with E-state index in [9.17, 15) is 0 Å². The number of benzene rings is 1. The maximum Gasteiger partial charge on any atom is 0.0217 e. The van der Waals surface area contributed by atoms with E-state index in [1.165, 1.54) is 11.6 Å². The Hall–Kier alpha value is -0.563. The molecule has 48 valence electrons. The van der Waals surface area contributed by atoms with E-state index in [0.717, 1.165) is 0 Å². The van der Waals surface area contributed by atoms with Crippen molar-refractivity contribution < 1.29 is 0 Å². The zero-order valence-corrected chi connectivity index (χ0v) is 7.22. The van der Waals surface area contributed by atoms with Gasteiger partial charge in [0, 0.05) is 9.52 Å². The van der Waals surface area contributed by atoms with Gasteiger partial charge in [0.15, 0.2) is 0 Å². The van der Waals surface area contributed by atoms with Crippen LogP contribution in [0.25, 0.3) is 0 Å². The summed E-state index contributed by atoms with van der Waals surface area (Å²) in [6.07, 6.45) is 0. The van der Waals surface area contributed by atoms with Crippen molar-refractivity contribution in [2.45, 2.75) is 12.6 Å². The minimum Gasteiger partial charge on any atom is -0.0746 e. The van der Waals surface area contributed by atoms with Gasteiger partial charge in [0.2, 0.25) is 0 Å². The van der Waals surface area contributed by atoms with Gasteiger partial charge in [0.1, 0.15) is 0 Å². The van der Waals surface area contributed by atoms with E-state index in [-0.39, 0.29) is 9.52 Å². The predicted octanol–water partition coefficient (Wildman–Crippen LogP) is 1.40. The predicted molar refractivity (Wildman–Crippen MR) is 44.6 cm³/mol. The van der Waals surface area contributed by atoms with Gasteiger partial charge in [-0.1, -0.05) is 42.4 Å². The fourth-order valence-corrected chi connectivity index (χ4v) is 1.84. The summed E-state index contributed by atoms with van der Waals surface area (Å²) in [6.45, 7) is 2.34. The third kappa shape index (κ3) is 2.02. The van der Waals surface area contributed by atoms with Crippen LogP contribution in [0.3, 0.4) is 0 Å². The Morgan fingerprint density at radius 1 is 1.22 bits per heavy atom. The van der Waals surface area contributed by atoms with Crippen molar-refractivity contribution in [2.24, 2.45) is 0 Å². The van der Waals surface area contributed by atoms with Crippen LogP contribution in [0.2, 0.25) is 6.55 Å². The number of rotatable bonds is 2. The van der Waals surface area contributed by atoms with E-state index in [4.69, 9.17) is 0 Å². The van der Waals surface area contributed by atoms with E-state index < -0.39 is 0 Å². The van der Waals surface area contributed by atoms with E-state index >= 15 is 0 Å². The summed E-state index contributed by atoms with van der Waals surface area (Å²) < 4.78 is 0. The topological polar surface area (TPSA) is 0 Å². The third-order valence-corrected chi connectivity index (χ3v) is 2.46. The summed E-state index contributed by atoms with van der Waals surface area (Å²) >= 11 is 0. The van der Waals surface area contributed by atoms with Gasteiger partial charge in [0.25, 0.3) is 0 Å². The lowest BCUT2D eigenvalue weighted by molar-refractivity contribution is 1.38. The molecular weight excluding hydrogens is 124 g/mol. The molecule has 0 unspecified atom stereocenters. The second-order valence-corrected chi connectivity index (χ2v) is 3.74. The fourth-order valence-electron chi connectivity index (χ4n) is 0.933. The monoisotopic (exact) mass is 136 g/mol. The average molecular weight is 136 g/mol. The largest absolute Gasteiger partial charge is 0.0746 e. The van der Waals surface area contributed by atoms with Gasteiger partial charge in [-0.3, -0.25) is 0 Å². The summed E-state index contributed by atoms with van der Waals surface area (Å²) in [5, 5.41) is 0. The summed E-state index contributed by atoms with van der Waals surface area (Å²) in [6, 6.07) is 12.0. The second-order valence-electron chi connectivity index (χ2n) is 2.24. The summed E-state index contributed by atoms with van der Waals surface area (Å²) in [4.78, 5) is 0. The summed E-state index contributed by atoms with van der Waals surface area (Å²) in [7, 11) is 0.216. The molecule has 0 aromatic heterocycles. The molecule has 0 amide bonds. The maximum atomic E-state index is 2.34. The van der Waals surface area contributed by atoms with Crippen molar-refractivity contribution in [3.8, 4) is 0 Å². The van der Waals surface area contributed by atoms with Crippen molar-refractivity contribution in [1.82, 2.24) is 0 Å². The molecule has 1 rings (SSSR count). The van der Waals surface area contributed by atoms with E-state index in [1.807, 2.05) is 0 Å². The lowest BCUT2D eigenvalue weighted by atomic mass is 10.2. The molecule has 0 heterocycles. The first kappa shape index (κ1) is 6.56. The van der Waals surface area contributed by atoms with Gasteiger partial charge in [-0.15, -0.1) is 0 Å². The van der Waals surface area contributed by atoms with Gasteiger partial charge >= 0.3 is 0 Å². The van der Waals surface area contributed by atoms with Gasteiger partial charge in [-0.05, 0) is 6.04 Å². The molecular formula is C8H12Si. The van der Waals surface area contributed by atoms with Crippen LogP contribution < -0.4 is 0 Å². The Bertz CT molecular complexity index is 157. The van der Waals surface area contributed by atoms with Crippen LogP contribution in [0, 0.1) is 0 Å². The molecule has 0 N–H and O–H groups in total. The van der Waals surface area contributed by atoms with Crippen LogP contribution in [0.4, 0.5) is 0 Å². The van der Waals surface area contributed by atoms with Gasteiger partial charge in [-0.2, -0.15) is 0 Å². The number of hydrogen-bond acceptors (Lipinski definition) is 0. The van der Waals surface area contributed by atoms with E-state index in [0.29, 0.717) is 0 Å². The van der Waals surface area contributed by atoms with Crippen LogP contribution >= 0.6 is 0 Å². The lowest BCUT2D eigenvalue weighted by Crippen LogP contribution is -1.88. The first-order valence-corrected chi connectivity index (χ1v) is 5.89. The Morgan fingerprint density at radius 2 is 1.89 bits per heavy atom. The summed E-state index contributed by atoms with van der Waals surface area (Å²) in [5.41, 5.74) is 1.51. The highest BCUT2D eigenvalue weighted by atomic mass is 28.2. The number of hydrogen-bond donors (Lipinski definition) is 0. The van der Waals surface area contributed by atoms with Crippen molar-refractivity contribution >= 4 is 9.52 Å². The standard InChI is InChI=1S/C8H12Si/c1-9-7-8-5-3-2-4-6-8/h2-6H,7,9H2,1H3. The molecule has 0 saturated heterocycles. The highest BCUT2D eigenvalue weighted by Crippen LogP contribution is 1.97. The van der Waals surface area contributed by atoms with Gasteiger partial charge < -0.3 is 0 Å². The first-order chi connectivity index (χ1) is 4.43. The Kier molecular flexibility index (Phi) is 2.52. The Balaban J connectivity index is 2.61. The smallest absolute Gasteiger partial charge is 0.0217 e. The molecule has 1 aromatic rings. The van der Waals surface area contributed by atoms with Crippen LogP contribution in [0.1, 0.15) is 5.56 Å². The molecule has 0 nitrogen and oxygen atoms in total. The van der Waals surface area contributed by atoms with Gasteiger partial charge in [-0.25, -0.2) is 0 Å². The molecule has 1 aromatic carbocycles. The average Bonchev–Trinajstić information content (AvgIpc) is 1.91. The Morgan fingerprint density at radius 3 is 2.44 bits per heavy atom. The van der Waals surface area contributed by atoms with Crippen LogP contribution in [-0.2, 0) is 6.04 Å². The van der Waals surface area contributed by atoms with Crippen LogP contribution in [-0.4, -0.2) is 9.52 Å².